The predicted octanol–water partition coefficient (Wildman–Crippen LogP) is 6.79. The molecule has 10 heteroatoms. The maximum absolute atomic E-state index is 13.5. The normalized spacial score (nSPS) is 16.0. The van der Waals surface area contributed by atoms with Crippen molar-refractivity contribution in [2.75, 3.05) is 18.6 Å². The van der Waals surface area contributed by atoms with Gasteiger partial charge in [0, 0.05) is 5.56 Å². The minimum absolute atomic E-state index is 0.0630. The molecule has 1 atom stereocenters. The Morgan fingerprint density at radius 2 is 1.73 bits per heavy atom. The number of rotatable bonds is 11. The second kappa shape index (κ2) is 13.3. The Balaban J connectivity index is 1.51. The summed E-state index contributed by atoms with van der Waals surface area (Å²) in [6, 6.07) is 19.0. The van der Waals surface area contributed by atoms with E-state index in [-0.39, 0.29) is 16.5 Å². The van der Waals surface area contributed by atoms with Crippen LogP contribution in [0.5, 0.6) is 17.2 Å². The monoisotopic (exact) mass is 613 g/mol. The molecule has 5 rings (SSSR count). The predicted molar refractivity (Wildman–Crippen MR) is 169 cm³/mol. The van der Waals surface area contributed by atoms with Crippen LogP contribution in [0.3, 0.4) is 0 Å². The number of aliphatic hydroxyl groups excluding tert-OH is 1. The number of carbonyl (C=O) groups excluding carboxylic acids is 2. The van der Waals surface area contributed by atoms with Crippen LogP contribution in [-0.4, -0.2) is 40.7 Å². The van der Waals surface area contributed by atoms with Crippen LogP contribution < -0.4 is 19.1 Å². The minimum atomic E-state index is -0.974. The molecule has 1 fully saturated rings. The molecule has 0 bridgehead atoms. The van der Waals surface area contributed by atoms with Gasteiger partial charge in [-0.3, -0.25) is 14.5 Å². The number of ketones is 1. The fraction of sp³-hybridized carbons (Fsp3) is 0.294. The van der Waals surface area contributed by atoms with Crippen molar-refractivity contribution in [2.45, 2.75) is 46.8 Å². The number of hydrogen-bond acceptors (Lipinski definition) is 9. The van der Waals surface area contributed by atoms with Gasteiger partial charge in [0.15, 0.2) is 11.5 Å². The molecule has 228 valence electrons. The summed E-state index contributed by atoms with van der Waals surface area (Å²) < 4.78 is 17.5. The zero-order valence-electron chi connectivity index (χ0n) is 25.4. The second-order valence-electron chi connectivity index (χ2n) is 11.0. The van der Waals surface area contributed by atoms with Gasteiger partial charge in [-0.2, -0.15) is 0 Å². The number of ether oxygens (including phenoxy) is 3. The van der Waals surface area contributed by atoms with E-state index in [1.807, 2.05) is 31.2 Å². The summed E-state index contributed by atoms with van der Waals surface area (Å²) in [5.74, 6) is 0.132. The van der Waals surface area contributed by atoms with Crippen LogP contribution in [0.4, 0.5) is 5.13 Å². The number of anilines is 1. The number of aliphatic hydroxyl groups is 1. The van der Waals surface area contributed by atoms with Crippen LogP contribution in [0, 0.1) is 19.8 Å². The molecule has 0 aliphatic carbocycles. The summed E-state index contributed by atoms with van der Waals surface area (Å²) in [6.45, 7) is 8.94. The fourth-order valence-corrected chi connectivity index (χ4v) is 5.62. The van der Waals surface area contributed by atoms with Gasteiger partial charge in [0.05, 0.1) is 25.3 Å². The van der Waals surface area contributed by atoms with Crippen molar-refractivity contribution in [3.05, 3.63) is 99.6 Å². The molecule has 3 aromatic carbocycles. The van der Waals surface area contributed by atoms with Gasteiger partial charge < -0.3 is 19.3 Å². The number of amides is 1. The van der Waals surface area contributed by atoms with E-state index in [4.69, 9.17) is 14.2 Å². The van der Waals surface area contributed by atoms with Crippen LogP contribution in [0.2, 0.25) is 0 Å². The molecule has 1 aliphatic rings. The first-order valence-electron chi connectivity index (χ1n) is 14.4. The molecular weight excluding hydrogens is 578 g/mol. The van der Waals surface area contributed by atoms with Crippen LogP contribution in [-0.2, 0) is 16.2 Å². The van der Waals surface area contributed by atoms with E-state index in [9.17, 15) is 14.7 Å². The molecule has 1 saturated heterocycles. The van der Waals surface area contributed by atoms with E-state index >= 15 is 0 Å². The number of carbonyl (C=O) groups is 2. The lowest BCUT2D eigenvalue weighted by atomic mass is 9.95. The molecule has 1 N–H and O–H groups in total. The molecule has 1 aromatic heterocycles. The van der Waals surface area contributed by atoms with Gasteiger partial charge in [0.25, 0.3) is 5.78 Å². The molecule has 44 heavy (non-hydrogen) atoms. The van der Waals surface area contributed by atoms with Crippen molar-refractivity contribution >= 4 is 33.9 Å². The van der Waals surface area contributed by atoms with Crippen LogP contribution in [0.25, 0.3) is 5.76 Å². The van der Waals surface area contributed by atoms with E-state index in [1.165, 1.54) is 23.3 Å². The molecule has 1 unspecified atom stereocenters. The minimum Gasteiger partial charge on any atom is -0.507 e. The molecular formula is C34H35N3O6S. The lowest BCUT2D eigenvalue weighted by molar-refractivity contribution is -0.132. The highest BCUT2D eigenvalue weighted by Gasteiger charge is 2.48. The highest BCUT2D eigenvalue weighted by atomic mass is 32.1. The van der Waals surface area contributed by atoms with Crippen LogP contribution in [0.15, 0.2) is 72.3 Å². The highest BCUT2D eigenvalue weighted by molar-refractivity contribution is 7.15. The molecule has 0 radical (unpaired) electrons. The average Bonchev–Trinajstić information content (AvgIpc) is 3.56. The van der Waals surface area contributed by atoms with Crippen molar-refractivity contribution in [3.8, 4) is 17.2 Å². The van der Waals surface area contributed by atoms with Gasteiger partial charge in [-0.1, -0.05) is 55.5 Å². The van der Waals surface area contributed by atoms with Crippen molar-refractivity contribution in [2.24, 2.45) is 5.92 Å². The van der Waals surface area contributed by atoms with Gasteiger partial charge in [0.2, 0.25) is 5.13 Å². The maximum atomic E-state index is 13.5. The first kappa shape index (κ1) is 30.7. The molecule has 1 amide bonds. The molecule has 2 heterocycles. The Bertz CT molecular complexity index is 1700. The maximum Gasteiger partial charge on any atom is 0.301 e. The summed E-state index contributed by atoms with van der Waals surface area (Å²) in [5, 5.41) is 20.6. The molecule has 0 spiro atoms. The summed E-state index contributed by atoms with van der Waals surface area (Å²) in [6.07, 6.45) is 0.872. The Hall–Kier alpha value is -4.70. The van der Waals surface area contributed by atoms with E-state index in [0.717, 1.165) is 17.5 Å². The number of Topliss-reactive ketones (excluding diaryl/α,β-unsaturated/α-hetero) is 1. The van der Waals surface area contributed by atoms with E-state index in [0.29, 0.717) is 52.5 Å². The van der Waals surface area contributed by atoms with Crippen molar-refractivity contribution in [1.29, 1.82) is 0 Å². The summed E-state index contributed by atoms with van der Waals surface area (Å²) in [4.78, 5) is 28.3. The van der Waals surface area contributed by atoms with Gasteiger partial charge in [0.1, 0.15) is 23.1 Å². The molecule has 9 nitrogen and oxygen atoms in total. The largest absolute Gasteiger partial charge is 0.507 e. The van der Waals surface area contributed by atoms with Crippen LogP contribution >= 0.6 is 11.3 Å². The first-order chi connectivity index (χ1) is 21.2. The van der Waals surface area contributed by atoms with Crippen LogP contribution in [0.1, 0.15) is 53.6 Å². The van der Waals surface area contributed by atoms with Gasteiger partial charge in [-0.15, -0.1) is 10.2 Å². The lowest BCUT2D eigenvalue weighted by Gasteiger charge is -2.23. The summed E-state index contributed by atoms with van der Waals surface area (Å²) in [7, 11) is 1.53. The van der Waals surface area contributed by atoms with Crippen molar-refractivity contribution < 1.29 is 28.9 Å². The number of aromatic nitrogens is 2. The fourth-order valence-electron chi connectivity index (χ4n) is 4.90. The topological polar surface area (TPSA) is 111 Å². The Morgan fingerprint density at radius 3 is 2.39 bits per heavy atom. The van der Waals surface area contributed by atoms with E-state index in [1.54, 1.807) is 49.4 Å². The number of benzene rings is 3. The standard InChI is InChI=1S/C34H35N3O6S/c1-20(2)16-17-42-27-15-12-24(18-28(27)41-5)30-29(32(39)33(40)37(30)34-36-35-22(4)44-34)31(38)23-10-13-26(14-11-23)43-19-25-9-7-6-8-21(25)3/h6-15,18,20,30,38H,16-17,19H2,1-5H3. The third kappa shape index (κ3) is 6.45. The van der Waals surface area contributed by atoms with Gasteiger partial charge in [-0.25, -0.2) is 0 Å². The third-order valence-electron chi connectivity index (χ3n) is 7.41. The highest BCUT2D eigenvalue weighted by Crippen LogP contribution is 2.45. The number of nitrogens with zero attached hydrogens (tertiary/aromatic N) is 3. The quantitative estimate of drug-likeness (QED) is 0.112. The third-order valence-corrected chi connectivity index (χ3v) is 8.24. The molecule has 1 aliphatic heterocycles. The molecule has 0 saturated carbocycles. The molecule has 4 aromatic rings. The zero-order chi connectivity index (χ0) is 31.4. The van der Waals surface area contributed by atoms with E-state index in [2.05, 4.69) is 24.0 Å². The summed E-state index contributed by atoms with van der Waals surface area (Å²) >= 11 is 1.19. The zero-order valence-corrected chi connectivity index (χ0v) is 26.2. The Labute approximate surface area is 260 Å². The smallest absolute Gasteiger partial charge is 0.301 e. The number of hydrogen-bond donors (Lipinski definition) is 1. The Kier molecular flexibility index (Phi) is 9.29. The van der Waals surface area contributed by atoms with Crippen molar-refractivity contribution in [3.63, 3.8) is 0 Å². The van der Waals surface area contributed by atoms with Gasteiger partial charge >= 0.3 is 5.91 Å². The Morgan fingerprint density at radius 1 is 0.977 bits per heavy atom. The SMILES string of the molecule is COc1cc(C2C(=C(O)c3ccc(OCc4ccccc4C)cc3)C(=O)C(=O)N2c2nnc(C)s2)ccc1OCCC(C)C. The second-order valence-corrected chi connectivity index (χ2v) is 12.1. The first-order valence-corrected chi connectivity index (χ1v) is 15.2. The van der Waals surface area contributed by atoms with E-state index < -0.39 is 17.7 Å². The average molecular weight is 614 g/mol. The van der Waals surface area contributed by atoms with Crippen molar-refractivity contribution in [1.82, 2.24) is 10.2 Å². The number of methoxy groups -OCH3 is 1. The lowest BCUT2D eigenvalue weighted by Crippen LogP contribution is -2.29. The number of aryl methyl sites for hydroxylation is 2. The summed E-state index contributed by atoms with van der Waals surface area (Å²) in [5.41, 5.74) is 3.05. The van der Waals surface area contributed by atoms with Gasteiger partial charge in [-0.05, 0) is 79.3 Å².